The number of nitro benzene ring substituents is 1. The lowest BCUT2D eigenvalue weighted by molar-refractivity contribution is -0.384. The number of imidazole rings is 1. The number of nitrogens with zero attached hydrogens (tertiary/aromatic N) is 4. The summed E-state index contributed by atoms with van der Waals surface area (Å²) in [5.74, 6) is -0.273. The molecule has 150 valence electrons. The fourth-order valence-corrected chi connectivity index (χ4v) is 3.10. The Hall–Kier alpha value is -3.48. The minimum absolute atomic E-state index is 0.0656. The van der Waals surface area contributed by atoms with Crippen LogP contribution < -0.4 is 0 Å². The second-order valence-electron chi connectivity index (χ2n) is 8.04. The smallest absolute Gasteiger partial charge is 0.294 e. The number of amides is 1. The van der Waals surface area contributed by atoms with E-state index in [2.05, 4.69) is 37.9 Å². The second kappa shape index (κ2) is 7.87. The standard InChI is InChI=1S/C22H24N4O3/c1-22(2,3)18-8-5-16(6-9-18)14-24(4)21(27)17-7-10-19(20(13-17)26(28)29)25-12-11-23-15-25/h5-13,15H,14H2,1-4H3. The number of carbonyl (C=O) groups excluding carboxylic acids is 1. The van der Waals surface area contributed by atoms with Crippen molar-refractivity contribution in [3.63, 3.8) is 0 Å². The van der Waals surface area contributed by atoms with E-state index in [0.717, 1.165) is 5.56 Å². The zero-order chi connectivity index (χ0) is 21.2. The monoisotopic (exact) mass is 392 g/mol. The number of carbonyl (C=O) groups is 1. The summed E-state index contributed by atoms with van der Waals surface area (Å²) in [7, 11) is 1.69. The molecular weight excluding hydrogens is 368 g/mol. The van der Waals surface area contributed by atoms with Crippen LogP contribution in [0.1, 0.15) is 42.3 Å². The van der Waals surface area contributed by atoms with E-state index in [0.29, 0.717) is 12.2 Å². The molecule has 0 aliphatic rings. The van der Waals surface area contributed by atoms with Gasteiger partial charge < -0.3 is 9.47 Å². The lowest BCUT2D eigenvalue weighted by Gasteiger charge is -2.21. The van der Waals surface area contributed by atoms with Crippen molar-refractivity contribution in [2.75, 3.05) is 7.05 Å². The molecule has 0 atom stereocenters. The van der Waals surface area contributed by atoms with Crippen molar-refractivity contribution in [2.45, 2.75) is 32.7 Å². The van der Waals surface area contributed by atoms with E-state index in [1.807, 2.05) is 12.1 Å². The molecule has 3 rings (SSSR count). The molecule has 29 heavy (non-hydrogen) atoms. The lowest BCUT2D eigenvalue weighted by atomic mass is 9.87. The summed E-state index contributed by atoms with van der Waals surface area (Å²) in [6.45, 7) is 6.87. The van der Waals surface area contributed by atoms with Gasteiger partial charge in [0, 0.05) is 37.6 Å². The van der Waals surface area contributed by atoms with Crippen molar-refractivity contribution in [1.82, 2.24) is 14.5 Å². The van der Waals surface area contributed by atoms with Crippen LogP contribution in [0.3, 0.4) is 0 Å². The number of hydrogen-bond acceptors (Lipinski definition) is 4. The summed E-state index contributed by atoms with van der Waals surface area (Å²) < 4.78 is 1.55. The first kappa shape index (κ1) is 20.3. The van der Waals surface area contributed by atoms with Crippen molar-refractivity contribution < 1.29 is 9.72 Å². The van der Waals surface area contributed by atoms with Gasteiger partial charge in [-0.3, -0.25) is 14.9 Å². The highest BCUT2D eigenvalue weighted by Gasteiger charge is 2.21. The maximum Gasteiger partial charge on any atom is 0.294 e. The van der Waals surface area contributed by atoms with Crippen molar-refractivity contribution in [3.8, 4) is 5.69 Å². The average molecular weight is 392 g/mol. The van der Waals surface area contributed by atoms with E-state index in [9.17, 15) is 14.9 Å². The highest BCUT2D eigenvalue weighted by Crippen LogP contribution is 2.25. The first-order valence-electron chi connectivity index (χ1n) is 9.28. The van der Waals surface area contributed by atoms with Crippen LogP contribution in [0, 0.1) is 10.1 Å². The van der Waals surface area contributed by atoms with Gasteiger partial charge in [-0.25, -0.2) is 4.98 Å². The molecule has 1 heterocycles. The molecule has 7 nitrogen and oxygen atoms in total. The molecular formula is C22H24N4O3. The van der Waals surface area contributed by atoms with Gasteiger partial charge in [-0.05, 0) is 28.7 Å². The topological polar surface area (TPSA) is 81.3 Å². The molecule has 3 aromatic rings. The molecule has 0 fully saturated rings. The summed E-state index contributed by atoms with van der Waals surface area (Å²) in [5.41, 5.74) is 2.78. The highest BCUT2D eigenvalue weighted by atomic mass is 16.6. The van der Waals surface area contributed by atoms with E-state index in [1.165, 1.54) is 18.0 Å². The van der Waals surface area contributed by atoms with Crippen LogP contribution in [0.4, 0.5) is 5.69 Å². The number of hydrogen-bond donors (Lipinski definition) is 0. The summed E-state index contributed by atoms with van der Waals surface area (Å²) >= 11 is 0. The summed E-state index contributed by atoms with van der Waals surface area (Å²) in [6, 6.07) is 12.6. The van der Waals surface area contributed by atoms with Crippen LogP contribution in [0.15, 0.2) is 61.2 Å². The van der Waals surface area contributed by atoms with Gasteiger partial charge in [-0.1, -0.05) is 45.0 Å². The predicted molar refractivity (Wildman–Crippen MR) is 111 cm³/mol. The Labute approximate surface area is 169 Å². The predicted octanol–water partition coefficient (Wildman–Crippen LogP) is 4.35. The van der Waals surface area contributed by atoms with Gasteiger partial charge >= 0.3 is 0 Å². The molecule has 0 radical (unpaired) electrons. The molecule has 7 heteroatoms. The van der Waals surface area contributed by atoms with Crippen LogP contribution in [-0.4, -0.2) is 32.3 Å². The molecule has 0 bridgehead atoms. The Balaban J connectivity index is 1.80. The fourth-order valence-electron chi connectivity index (χ4n) is 3.10. The maximum absolute atomic E-state index is 12.8. The Morgan fingerprint density at radius 2 is 1.86 bits per heavy atom. The molecule has 0 unspecified atom stereocenters. The van der Waals surface area contributed by atoms with Gasteiger partial charge in [0.2, 0.25) is 0 Å². The van der Waals surface area contributed by atoms with Crippen LogP contribution in [0.2, 0.25) is 0 Å². The fraction of sp³-hybridized carbons (Fsp3) is 0.273. The van der Waals surface area contributed by atoms with Crippen LogP contribution in [0.5, 0.6) is 0 Å². The van der Waals surface area contributed by atoms with Gasteiger partial charge in [0.25, 0.3) is 11.6 Å². The molecule has 1 aromatic heterocycles. The van der Waals surface area contributed by atoms with E-state index < -0.39 is 4.92 Å². The van der Waals surface area contributed by atoms with Crippen molar-refractivity contribution in [3.05, 3.63) is 88.0 Å². The Morgan fingerprint density at radius 3 is 2.41 bits per heavy atom. The lowest BCUT2D eigenvalue weighted by Crippen LogP contribution is -2.26. The Morgan fingerprint density at radius 1 is 1.17 bits per heavy atom. The third kappa shape index (κ3) is 4.51. The van der Waals surface area contributed by atoms with Crippen LogP contribution in [-0.2, 0) is 12.0 Å². The highest BCUT2D eigenvalue weighted by molar-refractivity contribution is 5.95. The first-order chi connectivity index (χ1) is 13.7. The van der Waals surface area contributed by atoms with Gasteiger partial charge in [0.05, 0.1) is 11.3 Å². The Bertz CT molecular complexity index is 1020. The third-order valence-corrected chi connectivity index (χ3v) is 4.79. The van der Waals surface area contributed by atoms with Gasteiger partial charge in [-0.2, -0.15) is 0 Å². The minimum Gasteiger partial charge on any atom is -0.337 e. The molecule has 0 aliphatic heterocycles. The molecule has 0 spiro atoms. The van der Waals surface area contributed by atoms with E-state index in [-0.39, 0.29) is 22.6 Å². The summed E-state index contributed by atoms with van der Waals surface area (Å²) in [5, 5.41) is 11.5. The quantitative estimate of drug-likeness (QED) is 0.477. The van der Waals surface area contributed by atoms with E-state index in [4.69, 9.17) is 0 Å². The summed E-state index contributed by atoms with van der Waals surface area (Å²) in [4.78, 5) is 29.3. The number of nitro groups is 1. The van der Waals surface area contributed by atoms with Gasteiger partial charge in [0.1, 0.15) is 5.69 Å². The maximum atomic E-state index is 12.8. The van der Waals surface area contributed by atoms with Gasteiger partial charge in [-0.15, -0.1) is 0 Å². The van der Waals surface area contributed by atoms with Crippen molar-refractivity contribution in [1.29, 1.82) is 0 Å². The second-order valence-corrected chi connectivity index (χ2v) is 8.04. The third-order valence-electron chi connectivity index (χ3n) is 4.79. The largest absolute Gasteiger partial charge is 0.337 e. The molecule has 1 amide bonds. The SMILES string of the molecule is CN(Cc1ccc(C(C)(C)C)cc1)C(=O)c1ccc(-n2ccnc2)c([N+](=O)[O-])c1. The van der Waals surface area contributed by atoms with Crippen LogP contribution >= 0.6 is 0 Å². The molecule has 2 aromatic carbocycles. The van der Waals surface area contributed by atoms with Crippen molar-refractivity contribution >= 4 is 11.6 Å². The average Bonchev–Trinajstić information content (AvgIpc) is 3.21. The zero-order valence-electron chi connectivity index (χ0n) is 17.0. The minimum atomic E-state index is -0.489. The molecule has 0 saturated carbocycles. The number of aromatic nitrogens is 2. The summed E-state index contributed by atoms with van der Waals surface area (Å²) in [6.07, 6.45) is 4.65. The van der Waals surface area contributed by atoms with Crippen molar-refractivity contribution in [2.24, 2.45) is 0 Å². The molecule has 0 N–H and O–H groups in total. The Kier molecular flexibility index (Phi) is 5.50. The number of rotatable bonds is 5. The molecule has 0 saturated heterocycles. The van der Waals surface area contributed by atoms with Gasteiger partial charge in [0.15, 0.2) is 0 Å². The molecule has 0 aliphatic carbocycles. The number of benzene rings is 2. The normalized spacial score (nSPS) is 11.3. The zero-order valence-corrected chi connectivity index (χ0v) is 17.0. The van der Waals surface area contributed by atoms with Crippen LogP contribution in [0.25, 0.3) is 5.69 Å². The van der Waals surface area contributed by atoms with E-state index in [1.54, 1.807) is 41.0 Å². The van der Waals surface area contributed by atoms with E-state index >= 15 is 0 Å². The first-order valence-corrected chi connectivity index (χ1v) is 9.28.